The molecule has 2 heterocycles. The monoisotopic (exact) mass is 365 g/mol. The highest BCUT2D eigenvalue weighted by Gasteiger charge is 2.21. The number of anilines is 2. The fourth-order valence-electron chi connectivity index (χ4n) is 2.26. The average molecular weight is 366 g/mol. The van der Waals surface area contributed by atoms with Crippen LogP contribution in [0.25, 0.3) is 10.2 Å². The van der Waals surface area contributed by atoms with E-state index >= 15 is 0 Å². The van der Waals surface area contributed by atoms with Crippen molar-refractivity contribution in [1.29, 1.82) is 0 Å². The summed E-state index contributed by atoms with van der Waals surface area (Å²) in [6.45, 7) is 3.84. The van der Waals surface area contributed by atoms with E-state index < -0.39 is 5.97 Å². The Morgan fingerprint density at radius 3 is 2.71 bits per heavy atom. The molecule has 8 heteroatoms. The van der Waals surface area contributed by atoms with Crippen LogP contribution in [0.2, 0.25) is 5.28 Å². The van der Waals surface area contributed by atoms with E-state index in [9.17, 15) is 9.18 Å². The third-order valence-corrected chi connectivity index (χ3v) is 4.67. The molecule has 0 saturated carbocycles. The lowest BCUT2D eigenvalue weighted by atomic mass is 10.2. The Bertz CT molecular complexity index is 912. The maximum Gasteiger partial charge on any atom is 0.348 e. The van der Waals surface area contributed by atoms with Crippen LogP contribution in [0.1, 0.15) is 22.2 Å². The Kier molecular flexibility index (Phi) is 4.64. The molecule has 0 atom stereocenters. The predicted octanol–water partition coefficient (Wildman–Crippen LogP) is 4.71. The molecule has 0 saturated heterocycles. The zero-order valence-corrected chi connectivity index (χ0v) is 14.5. The van der Waals surface area contributed by atoms with Gasteiger partial charge in [0.15, 0.2) is 0 Å². The molecule has 0 radical (unpaired) electrons. The van der Waals surface area contributed by atoms with E-state index in [2.05, 4.69) is 15.3 Å². The highest BCUT2D eigenvalue weighted by atomic mass is 35.5. The minimum Gasteiger partial charge on any atom is -0.462 e. The van der Waals surface area contributed by atoms with Crippen LogP contribution in [0.3, 0.4) is 0 Å². The van der Waals surface area contributed by atoms with Gasteiger partial charge in [0.1, 0.15) is 21.3 Å². The second kappa shape index (κ2) is 6.70. The molecule has 0 fully saturated rings. The number of nitrogens with one attached hydrogen (secondary N) is 1. The zero-order chi connectivity index (χ0) is 17.3. The molecular formula is C16H13ClFN3O2S. The highest BCUT2D eigenvalue weighted by molar-refractivity contribution is 7.20. The quantitative estimate of drug-likeness (QED) is 0.535. The Morgan fingerprint density at radius 1 is 1.33 bits per heavy atom. The number of nitrogens with zero attached hydrogens (tertiary/aromatic N) is 2. The maximum atomic E-state index is 13.0. The van der Waals surface area contributed by atoms with E-state index in [1.807, 2.05) is 0 Å². The number of rotatable bonds is 4. The molecule has 124 valence electrons. The number of benzene rings is 1. The van der Waals surface area contributed by atoms with Gasteiger partial charge in [0.2, 0.25) is 5.28 Å². The smallest absolute Gasteiger partial charge is 0.348 e. The van der Waals surface area contributed by atoms with Crippen molar-refractivity contribution in [2.45, 2.75) is 13.8 Å². The van der Waals surface area contributed by atoms with Crippen LogP contribution in [-0.4, -0.2) is 22.5 Å². The van der Waals surface area contributed by atoms with Crippen LogP contribution in [0.5, 0.6) is 0 Å². The fraction of sp³-hybridized carbons (Fsp3) is 0.188. The van der Waals surface area contributed by atoms with Crippen LogP contribution in [0.4, 0.5) is 15.9 Å². The summed E-state index contributed by atoms with van der Waals surface area (Å²) in [5.41, 5.74) is 1.37. The number of fused-ring (bicyclic) bond motifs is 1. The first kappa shape index (κ1) is 16.6. The minimum absolute atomic E-state index is 0.0590. The third-order valence-electron chi connectivity index (χ3n) is 3.33. The SMILES string of the molecule is CCOC(=O)c1sc2nc(Cl)nc(Nc3ccc(F)cc3)c2c1C. The number of halogens is 2. The molecule has 0 spiro atoms. The number of esters is 1. The molecule has 1 aromatic carbocycles. The second-order valence-corrected chi connectivity index (χ2v) is 6.27. The van der Waals surface area contributed by atoms with Crippen molar-refractivity contribution in [3.05, 3.63) is 45.8 Å². The molecule has 3 rings (SSSR count). The van der Waals surface area contributed by atoms with Gasteiger partial charge in [-0.1, -0.05) is 0 Å². The predicted molar refractivity (Wildman–Crippen MR) is 92.8 cm³/mol. The van der Waals surface area contributed by atoms with Crippen molar-refractivity contribution < 1.29 is 13.9 Å². The van der Waals surface area contributed by atoms with Gasteiger partial charge < -0.3 is 10.1 Å². The van der Waals surface area contributed by atoms with Gasteiger partial charge in [-0.15, -0.1) is 11.3 Å². The summed E-state index contributed by atoms with van der Waals surface area (Å²) >= 11 is 7.19. The average Bonchev–Trinajstić information content (AvgIpc) is 2.86. The molecular weight excluding hydrogens is 353 g/mol. The molecule has 0 aliphatic carbocycles. The molecule has 0 bridgehead atoms. The van der Waals surface area contributed by atoms with E-state index in [0.717, 1.165) is 5.56 Å². The summed E-state index contributed by atoms with van der Waals surface area (Å²) in [7, 11) is 0. The third kappa shape index (κ3) is 3.18. The first-order valence-electron chi connectivity index (χ1n) is 7.16. The van der Waals surface area contributed by atoms with Crippen LogP contribution < -0.4 is 5.32 Å². The molecule has 24 heavy (non-hydrogen) atoms. The number of ether oxygens (including phenoxy) is 1. The van der Waals surface area contributed by atoms with Crippen LogP contribution >= 0.6 is 22.9 Å². The molecule has 3 aromatic rings. The maximum absolute atomic E-state index is 13.0. The van der Waals surface area contributed by atoms with Crippen molar-refractivity contribution in [2.24, 2.45) is 0 Å². The number of aromatic nitrogens is 2. The molecule has 2 aromatic heterocycles. The van der Waals surface area contributed by atoms with Crippen molar-refractivity contribution in [1.82, 2.24) is 9.97 Å². The van der Waals surface area contributed by atoms with E-state index in [1.165, 1.54) is 23.5 Å². The Balaban J connectivity index is 2.09. The van der Waals surface area contributed by atoms with Gasteiger partial charge in [0.05, 0.1) is 12.0 Å². The summed E-state index contributed by atoms with van der Waals surface area (Å²) in [5.74, 6) is -0.273. The highest BCUT2D eigenvalue weighted by Crippen LogP contribution is 2.36. The molecule has 0 aliphatic rings. The Hall–Kier alpha value is -2.25. The first-order chi connectivity index (χ1) is 11.5. The number of carbonyl (C=O) groups is 1. The summed E-state index contributed by atoms with van der Waals surface area (Å²) in [6, 6.07) is 5.86. The second-order valence-electron chi connectivity index (χ2n) is 4.93. The number of hydrogen-bond acceptors (Lipinski definition) is 6. The molecule has 1 N–H and O–H groups in total. The lowest BCUT2D eigenvalue weighted by Gasteiger charge is -2.08. The molecule has 5 nitrogen and oxygen atoms in total. The minimum atomic E-state index is -0.401. The zero-order valence-electron chi connectivity index (χ0n) is 12.9. The summed E-state index contributed by atoms with van der Waals surface area (Å²) in [5, 5.41) is 3.84. The summed E-state index contributed by atoms with van der Waals surface area (Å²) < 4.78 is 18.1. The molecule has 0 amide bonds. The normalized spacial score (nSPS) is 10.8. The van der Waals surface area contributed by atoms with Gasteiger partial charge in [-0.2, -0.15) is 4.98 Å². The van der Waals surface area contributed by atoms with Crippen molar-refractivity contribution >= 4 is 50.6 Å². The van der Waals surface area contributed by atoms with E-state index in [-0.39, 0.29) is 11.1 Å². The van der Waals surface area contributed by atoms with E-state index in [0.29, 0.717) is 33.2 Å². The van der Waals surface area contributed by atoms with Gasteiger partial charge in [-0.05, 0) is 55.3 Å². The topological polar surface area (TPSA) is 64.1 Å². The Morgan fingerprint density at radius 2 is 2.04 bits per heavy atom. The van der Waals surface area contributed by atoms with Crippen molar-refractivity contribution in [3.63, 3.8) is 0 Å². The van der Waals surface area contributed by atoms with Crippen molar-refractivity contribution in [3.8, 4) is 0 Å². The van der Waals surface area contributed by atoms with Crippen molar-refractivity contribution in [2.75, 3.05) is 11.9 Å². The first-order valence-corrected chi connectivity index (χ1v) is 8.35. The lowest BCUT2D eigenvalue weighted by Crippen LogP contribution is -2.03. The van der Waals surface area contributed by atoms with Crippen LogP contribution in [0.15, 0.2) is 24.3 Å². The molecule has 0 unspecified atom stereocenters. The van der Waals surface area contributed by atoms with Gasteiger partial charge in [0.25, 0.3) is 0 Å². The number of aryl methyl sites for hydroxylation is 1. The van der Waals surface area contributed by atoms with Gasteiger partial charge >= 0.3 is 5.97 Å². The number of thiophene rings is 1. The van der Waals surface area contributed by atoms with Gasteiger partial charge in [-0.25, -0.2) is 14.2 Å². The number of hydrogen-bond donors (Lipinski definition) is 1. The summed E-state index contributed by atoms with van der Waals surface area (Å²) in [6.07, 6.45) is 0. The Labute approximate surface area is 146 Å². The van der Waals surface area contributed by atoms with Crippen LogP contribution in [0, 0.1) is 12.7 Å². The fourth-order valence-corrected chi connectivity index (χ4v) is 3.56. The number of carbonyl (C=O) groups excluding carboxylic acids is 1. The standard InChI is InChI=1S/C16H13ClFN3O2S/c1-3-23-15(22)12-8(2)11-13(20-16(17)21-14(11)24-12)19-10-6-4-9(18)5-7-10/h4-7H,3H2,1-2H3,(H,19,20,21). The largest absolute Gasteiger partial charge is 0.462 e. The van der Waals surface area contributed by atoms with Crippen LogP contribution in [-0.2, 0) is 4.74 Å². The van der Waals surface area contributed by atoms with E-state index in [1.54, 1.807) is 26.0 Å². The van der Waals surface area contributed by atoms with Gasteiger partial charge in [-0.3, -0.25) is 0 Å². The lowest BCUT2D eigenvalue weighted by molar-refractivity contribution is 0.0531. The van der Waals surface area contributed by atoms with Gasteiger partial charge in [0, 0.05) is 5.69 Å². The summed E-state index contributed by atoms with van der Waals surface area (Å²) in [4.78, 5) is 21.5. The molecule has 0 aliphatic heterocycles. The van der Waals surface area contributed by atoms with E-state index in [4.69, 9.17) is 16.3 Å².